The summed E-state index contributed by atoms with van der Waals surface area (Å²) in [6, 6.07) is 0. The standard InChI is InChI=1S/C14H26N2O2/c1-11-4-3-7-16(8-11)14(18)10-15(2)9-13(17)12-5-6-12/h11-13,17H,3-10H2,1-2H3. The number of aliphatic hydroxyl groups excluding tert-OH is 1. The second-order valence-corrected chi connectivity index (χ2v) is 6.19. The first-order valence-corrected chi connectivity index (χ1v) is 7.20. The quantitative estimate of drug-likeness (QED) is 0.794. The lowest BCUT2D eigenvalue weighted by Gasteiger charge is -2.32. The van der Waals surface area contributed by atoms with Gasteiger partial charge in [-0.3, -0.25) is 9.69 Å². The van der Waals surface area contributed by atoms with Gasteiger partial charge in [-0.1, -0.05) is 6.92 Å². The number of likely N-dealkylation sites (tertiary alicyclic amines) is 1. The van der Waals surface area contributed by atoms with E-state index < -0.39 is 0 Å². The van der Waals surface area contributed by atoms with Crippen LogP contribution in [0.3, 0.4) is 0 Å². The molecule has 1 amide bonds. The summed E-state index contributed by atoms with van der Waals surface area (Å²) in [6.45, 7) is 5.08. The molecule has 1 saturated heterocycles. The first-order valence-electron chi connectivity index (χ1n) is 7.20. The maximum Gasteiger partial charge on any atom is 0.236 e. The molecule has 0 radical (unpaired) electrons. The molecule has 1 N–H and O–H groups in total. The third-order valence-corrected chi connectivity index (χ3v) is 4.08. The Morgan fingerprint density at radius 2 is 2.17 bits per heavy atom. The van der Waals surface area contributed by atoms with Crippen molar-refractivity contribution in [1.29, 1.82) is 0 Å². The van der Waals surface area contributed by atoms with Crippen LogP contribution in [0, 0.1) is 11.8 Å². The van der Waals surface area contributed by atoms with Crippen LogP contribution in [0.1, 0.15) is 32.6 Å². The number of amides is 1. The van der Waals surface area contributed by atoms with E-state index in [4.69, 9.17) is 0 Å². The number of piperidine rings is 1. The first-order chi connectivity index (χ1) is 8.56. The van der Waals surface area contributed by atoms with Gasteiger partial charge in [-0.05, 0) is 44.6 Å². The van der Waals surface area contributed by atoms with Gasteiger partial charge in [0.2, 0.25) is 5.91 Å². The van der Waals surface area contributed by atoms with Gasteiger partial charge >= 0.3 is 0 Å². The van der Waals surface area contributed by atoms with Gasteiger partial charge in [-0.2, -0.15) is 0 Å². The lowest BCUT2D eigenvalue weighted by molar-refractivity contribution is -0.134. The third kappa shape index (κ3) is 3.95. The van der Waals surface area contributed by atoms with Gasteiger partial charge in [0, 0.05) is 19.6 Å². The summed E-state index contributed by atoms with van der Waals surface area (Å²) < 4.78 is 0. The predicted molar refractivity (Wildman–Crippen MR) is 71.2 cm³/mol. The molecule has 1 saturated carbocycles. The van der Waals surface area contributed by atoms with Gasteiger partial charge in [0.1, 0.15) is 0 Å². The SMILES string of the molecule is CC1CCCN(C(=O)CN(C)CC(O)C2CC2)C1. The maximum absolute atomic E-state index is 12.1. The Bertz CT molecular complexity index is 292. The largest absolute Gasteiger partial charge is 0.392 e. The average Bonchev–Trinajstić information content (AvgIpc) is 3.12. The Morgan fingerprint density at radius 3 is 2.78 bits per heavy atom. The molecule has 2 unspecified atom stereocenters. The molecule has 0 spiro atoms. The Labute approximate surface area is 110 Å². The highest BCUT2D eigenvalue weighted by atomic mass is 16.3. The van der Waals surface area contributed by atoms with Crippen LogP contribution < -0.4 is 0 Å². The van der Waals surface area contributed by atoms with E-state index in [0.717, 1.165) is 32.4 Å². The van der Waals surface area contributed by atoms with Crippen molar-refractivity contribution < 1.29 is 9.90 Å². The normalized spacial score (nSPS) is 26.4. The molecule has 104 valence electrons. The fraction of sp³-hybridized carbons (Fsp3) is 0.929. The Morgan fingerprint density at radius 1 is 1.44 bits per heavy atom. The Hall–Kier alpha value is -0.610. The molecule has 4 heteroatoms. The second kappa shape index (κ2) is 6.02. The van der Waals surface area contributed by atoms with Crippen LogP contribution in [-0.4, -0.2) is 60.1 Å². The molecule has 1 aliphatic heterocycles. The molecule has 18 heavy (non-hydrogen) atoms. The van der Waals surface area contributed by atoms with E-state index in [1.54, 1.807) is 0 Å². The van der Waals surface area contributed by atoms with E-state index in [2.05, 4.69) is 6.92 Å². The molecule has 1 heterocycles. The molecule has 0 aromatic carbocycles. The van der Waals surface area contributed by atoms with Crippen molar-refractivity contribution in [1.82, 2.24) is 9.80 Å². The number of rotatable bonds is 5. The number of carbonyl (C=O) groups excluding carboxylic acids is 1. The first kappa shape index (κ1) is 13.8. The number of nitrogens with zero attached hydrogens (tertiary/aromatic N) is 2. The van der Waals surface area contributed by atoms with Crippen molar-refractivity contribution >= 4 is 5.91 Å². The van der Waals surface area contributed by atoms with Gasteiger partial charge in [0.25, 0.3) is 0 Å². The summed E-state index contributed by atoms with van der Waals surface area (Å²) in [6.07, 6.45) is 4.41. The van der Waals surface area contributed by atoms with Crippen LogP contribution in [0.15, 0.2) is 0 Å². The minimum Gasteiger partial charge on any atom is -0.392 e. The lowest BCUT2D eigenvalue weighted by Crippen LogP contribution is -2.45. The lowest BCUT2D eigenvalue weighted by atomic mass is 10.0. The van der Waals surface area contributed by atoms with Crippen LogP contribution >= 0.6 is 0 Å². The van der Waals surface area contributed by atoms with E-state index in [0.29, 0.717) is 24.9 Å². The third-order valence-electron chi connectivity index (χ3n) is 4.08. The van der Waals surface area contributed by atoms with E-state index in [-0.39, 0.29) is 12.0 Å². The van der Waals surface area contributed by atoms with Crippen molar-refractivity contribution in [2.75, 3.05) is 33.2 Å². The van der Waals surface area contributed by atoms with Crippen LogP contribution in [-0.2, 0) is 4.79 Å². The molecule has 2 rings (SSSR count). The van der Waals surface area contributed by atoms with Crippen LogP contribution in [0.25, 0.3) is 0 Å². The smallest absolute Gasteiger partial charge is 0.236 e. The zero-order valence-corrected chi connectivity index (χ0v) is 11.6. The molecule has 2 fully saturated rings. The number of likely N-dealkylation sites (N-methyl/N-ethyl adjacent to an activating group) is 1. The highest BCUT2D eigenvalue weighted by molar-refractivity contribution is 5.78. The van der Waals surface area contributed by atoms with Gasteiger partial charge in [-0.15, -0.1) is 0 Å². The molecule has 4 nitrogen and oxygen atoms in total. The Balaban J connectivity index is 1.71. The van der Waals surface area contributed by atoms with Gasteiger partial charge < -0.3 is 10.0 Å². The molecule has 0 aromatic heterocycles. The van der Waals surface area contributed by atoms with Crippen LogP contribution in [0.2, 0.25) is 0 Å². The molecule has 0 bridgehead atoms. The van der Waals surface area contributed by atoms with Gasteiger partial charge in [0.05, 0.1) is 12.6 Å². The van der Waals surface area contributed by atoms with Crippen molar-refractivity contribution in [3.63, 3.8) is 0 Å². The zero-order chi connectivity index (χ0) is 13.1. The fourth-order valence-corrected chi connectivity index (χ4v) is 2.76. The summed E-state index contributed by atoms with van der Waals surface area (Å²) in [4.78, 5) is 16.1. The topological polar surface area (TPSA) is 43.8 Å². The van der Waals surface area contributed by atoms with Gasteiger partial charge in [-0.25, -0.2) is 0 Å². The molecule has 2 aliphatic rings. The summed E-state index contributed by atoms with van der Waals surface area (Å²) in [7, 11) is 1.93. The molecule has 0 aromatic rings. The minimum absolute atomic E-state index is 0.215. The zero-order valence-electron chi connectivity index (χ0n) is 11.6. The van der Waals surface area contributed by atoms with Crippen molar-refractivity contribution in [2.45, 2.75) is 38.7 Å². The number of aliphatic hydroxyl groups is 1. The monoisotopic (exact) mass is 254 g/mol. The van der Waals surface area contributed by atoms with Crippen LogP contribution in [0.4, 0.5) is 0 Å². The van der Waals surface area contributed by atoms with Gasteiger partial charge in [0.15, 0.2) is 0 Å². The highest BCUT2D eigenvalue weighted by Crippen LogP contribution is 2.32. The number of hydrogen-bond donors (Lipinski definition) is 1. The summed E-state index contributed by atoms with van der Waals surface area (Å²) in [5.41, 5.74) is 0. The van der Waals surface area contributed by atoms with Crippen molar-refractivity contribution in [3.05, 3.63) is 0 Å². The molecule has 2 atom stereocenters. The van der Waals surface area contributed by atoms with E-state index in [9.17, 15) is 9.90 Å². The van der Waals surface area contributed by atoms with Crippen molar-refractivity contribution in [3.8, 4) is 0 Å². The van der Waals surface area contributed by atoms with Crippen LogP contribution in [0.5, 0.6) is 0 Å². The molecular weight excluding hydrogens is 228 g/mol. The molecule has 1 aliphatic carbocycles. The minimum atomic E-state index is -0.247. The van der Waals surface area contributed by atoms with E-state index in [1.165, 1.54) is 6.42 Å². The summed E-state index contributed by atoms with van der Waals surface area (Å²) in [5.74, 6) is 1.33. The predicted octanol–water partition coefficient (Wildman–Crippen LogP) is 0.948. The summed E-state index contributed by atoms with van der Waals surface area (Å²) in [5, 5.41) is 9.86. The highest BCUT2D eigenvalue weighted by Gasteiger charge is 2.31. The number of hydrogen-bond acceptors (Lipinski definition) is 3. The second-order valence-electron chi connectivity index (χ2n) is 6.19. The maximum atomic E-state index is 12.1. The fourth-order valence-electron chi connectivity index (χ4n) is 2.76. The Kier molecular flexibility index (Phi) is 4.62. The van der Waals surface area contributed by atoms with Crippen molar-refractivity contribution in [2.24, 2.45) is 11.8 Å². The summed E-state index contributed by atoms with van der Waals surface area (Å²) >= 11 is 0. The average molecular weight is 254 g/mol. The molecular formula is C14H26N2O2. The van der Waals surface area contributed by atoms with E-state index in [1.807, 2.05) is 16.8 Å². The number of carbonyl (C=O) groups is 1. The van der Waals surface area contributed by atoms with E-state index >= 15 is 0 Å².